The van der Waals surface area contributed by atoms with E-state index in [2.05, 4.69) is 15.6 Å². The van der Waals surface area contributed by atoms with Gasteiger partial charge in [-0.05, 0) is 36.6 Å². The highest BCUT2D eigenvalue weighted by Crippen LogP contribution is 2.14. The van der Waals surface area contributed by atoms with E-state index in [0.29, 0.717) is 10.8 Å². The number of nitrogens with zero attached hydrogens (tertiary/aromatic N) is 3. The van der Waals surface area contributed by atoms with Crippen LogP contribution in [0.3, 0.4) is 0 Å². The van der Waals surface area contributed by atoms with Gasteiger partial charge < -0.3 is 0 Å². The maximum Gasteiger partial charge on any atom is 0.292 e. The van der Waals surface area contributed by atoms with Gasteiger partial charge in [-0.25, -0.2) is 10.1 Å². The zero-order valence-electron chi connectivity index (χ0n) is 17.4. The Hall–Kier alpha value is -4.06. The largest absolute Gasteiger partial charge is 0.292 e. The first-order valence-electron chi connectivity index (χ1n) is 9.97. The summed E-state index contributed by atoms with van der Waals surface area (Å²) < 4.78 is 1.32. The summed E-state index contributed by atoms with van der Waals surface area (Å²) in [7, 11) is 0. The number of benzene rings is 3. The number of amides is 1. The third-order valence-electron chi connectivity index (χ3n) is 5.06. The zero-order chi connectivity index (χ0) is 21.8. The van der Waals surface area contributed by atoms with Gasteiger partial charge in [0, 0.05) is 5.39 Å². The summed E-state index contributed by atoms with van der Waals surface area (Å²) in [4.78, 5) is 25.8. The number of hydrogen-bond donors (Lipinski definition) is 1. The lowest BCUT2D eigenvalue weighted by Crippen LogP contribution is -2.29. The summed E-state index contributed by atoms with van der Waals surface area (Å²) in [6.07, 6.45) is 1.61. The van der Waals surface area contributed by atoms with Gasteiger partial charge in [0.2, 0.25) is 0 Å². The molecule has 0 fully saturated rings. The molecule has 6 heteroatoms. The molecule has 0 spiro atoms. The molecule has 0 aliphatic rings. The van der Waals surface area contributed by atoms with E-state index in [1.54, 1.807) is 30.5 Å². The van der Waals surface area contributed by atoms with Crippen LogP contribution in [0, 0.1) is 13.8 Å². The van der Waals surface area contributed by atoms with Crippen LogP contribution in [0.2, 0.25) is 0 Å². The number of aryl methyl sites for hydroxylation is 2. The van der Waals surface area contributed by atoms with Crippen molar-refractivity contribution < 1.29 is 4.79 Å². The van der Waals surface area contributed by atoms with Crippen molar-refractivity contribution >= 4 is 22.9 Å². The average Bonchev–Trinajstić information content (AvgIpc) is 2.78. The Bertz CT molecular complexity index is 1340. The first-order chi connectivity index (χ1) is 15.0. The molecular formula is C25H22N4O2. The highest BCUT2D eigenvalue weighted by Gasteiger charge is 2.16. The smallest absolute Gasteiger partial charge is 0.267 e. The van der Waals surface area contributed by atoms with Gasteiger partial charge in [0.05, 0.1) is 18.1 Å². The van der Waals surface area contributed by atoms with E-state index in [0.717, 1.165) is 22.3 Å². The van der Waals surface area contributed by atoms with Crippen molar-refractivity contribution in [2.75, 3.05) is 0 Å². The first-order valence-corrected chi connectivity index (χ1v) is 9.97. The Morgan fingerprint density at radius 3 is 2.48 bits per heavy atom. The molecule has 1 N–H and O–H groups in total. The van der Waals surface area contributed by atoms with Crippen LogP contribution in [0.4, 0.5) is 0 Å². The molecule has 0 saturated carbocycles. The fraction of sp³-hybridized carbons (Fsp3) is 0.120. The lowest BCUT2D eigenvalue weighted by molar-refractivity contribution is 0.0949. The van der Waals surface area contributed by atoms with E-state index in [1.807, 2.05) is 62.4 Å². The van der Waals surface area contributed by atoms with Gasteiger partial charge in [-0.2, -0.15) is 10.2 Å². The van der Waals surface area contributed by atoms with Crippen LogP contribution in [-0.2, 0) is 6.54 Å². The van der Waals surface area contributed by atoms with Crippen LogP contribution in [0.1, 0.15) is 32.7 Å². The van der Waals surface area contributed by atoms with Gasteiger partial charge >= 0.3 is 0 Å². The fourth-order valence-corrected chi connectivity index (χ4v) is 3.38. The van der Waals surface area contributed by atoms with Crippen LogP contribution in [0.15, 0.2) is 82.7 Å². The standard InChI is InChI=1S/C25H22N4O2/c1-17-12-13-18(2)20(14-17)15-26-27-24(30)23-21-10-6-7-11-22(21)25(31)29(28-23)16-19-8-4-3-5-9-19/h3-15H,16H2,1-2H3,(H,27,30)/b26-15-. The van der Waals surface area contributed by atoms with Gasteiger partial charge in [0.25, 0.3) is 11.5 Å². The van der Waals surface area contributed by atoms with E-state index < -0.39 is 5.91 Å². The van der Waals surface area contributed by atoms with Crippen molar-refractivity contribution in [3.05, 3.63) is 111 Å². The Labute approximate surface area is 179 Å². The van der Waals surface area contributed by atoms with E-state index in [9.17, 15) is 9.59 Å². The summed E-state index contributed by atoms with van der Waals surface area (Å²) in [5, 5.41) is 9.42. The lowest BCUT2D eigenvalue weighted by Gasteiger charge is -2.10. The van der Waals surface area contributed by atoms with E-state index in [1.165, 1.54) is 4.68 Å². The Morgan fingerprint density at radius 1 is 1.00 bits per heavy atom. The number of carbonyl (C=O) groups is 1. The molecule has 154 valence electrons. The summed E-state index contributed by atoms with van der Waals surface area (Å²) in [5.41, 5.74) is 6.48. The molecule has 1 aromatic heterocycles. The van der Waals surface area contributed by atoms with E-state index in [4.69, 9.17) is 0 Å². The van der Waals surface area contributed by atoms with Crippen LogP contribution < -0.4 is 11.0 Å². The summed E-state index contributed by atoms with van der Waals surface area (Å²) in [6, 6.07) is 22.5. The van der Waals surface area contributed by atoms with Gasteiger partial charge in [0.15, 0.2) is 5.69 Å². The minimum Gasteiger partial charge on any atom is -0.267 e. The highest BCUT2D eigenvalue weighted by atomic mass is 16.2. The molecule has 6 nitrogen and oxygen atoms in total. The minimum absolute atomic E-state index is 0.157. The maximum atomic E-state index is 12.9. The first kappa shape index (κ1) is 20.2. The molecule has 0 aliphatic carbocycles. The van der Waals surface area contributed by atoms with E-state index in [-0.39, 0.29) is 17.8 Å². The van der Waals surface area contributed by atoms with Crippen molar-refractivity contribution in [1.82, 2.24) is 15.2 Å². The molecular weight excluding hydrogens is 388 g/mol. The minimum atomic E-state index is -0.473. The second-order valence-electron chi connectivity index (χ2n) is 7.40. The number of aromatic nitrogens is 2. The van der Waals surface area contributed by atoms with Crippen molar-refractivity contribution in [2.24, 2.45) is 5.10 Å². The molecule has 0 atom stereocenters. The quantitative estimate of drug-likeness (QED) is 0.401. The third-order valence-corrected chi connectivity index (χ3v) is 5.06. The molecule has 1 amide bonds. The number of nitrogens with one attached hydrogen (secondary N) is 1. The molecule has 0 radical (unpaired) electrons. The Morgan fingerprint density at radius 2 is 1.71 bits per heavy atom. The van der Waals surface area contributed by atoms with Crippen molar-refractivity contribution in [2.45, 2.75) is 20.4 Å². The van der Waals surface area contributed by atoms with Gasteiger partial charge in [-0.15, -0.1) is 0 Å². The number of hydrazone groups is 1. The molecule has 0 aliphatic heterocycles. The van der Waals surface area contributed by atoms with Crippen molar-refractivity contribution in [3.8, 4) is 0 Å². The van der Waals surface area contributed by atoms with Crippen LogP contribution >= 0.6 is 0 Å². The summed E-state index contributed by atoms with van der Waals surface area (Å²) in [5.74, 6) is -0.473. The predicted molar refractivity (Wildman–Crippen MR) is 123 cm³/mol. The van der Waals surface area contributed by atoms with Gasteiger partial charge in [-0.3, -0.25) is 9.59 Å². The Balaban J connectivity index is 1.68. The topological polar surface area (TPSA) is 76.3 Å². The van der Waals surface area contributed by atoms with Crippen molar-refractivity contribution in [3.63, 3.8) is 0 Å². The SMILES string of the molecule is Cc1ccc(C)c(/C=N\NC(=O)c2nn(Cc3ccccc3)c(=O)c3ccccc23)c1. The molecule has 3 aromatic carbocycles. The average molecular weight is 410 g/mol. The van der Waals surface area contributed by atoms with Crippen LogP contribution in [0.5, 0.6) is 0 Å². The Kier molecular flexibility index (Phi) is 5.71. The summed E-state index contributed by atoms with van der Waals surface area (Å²) >= 11 is 0. The second kappa shape index (κ2) is 8.75. The molecule has 4 rings (SSSR count). The molecule has 0 saturated heterocycles. The second-order valence-corrected chi connectivity index (χ2v) is 7.40. The van der Waals surface area contributed by atoms with E-state index >= 15 is 0 Å². The third kappa shape index (κ3) is 4.43. The lowest BCUT2D eigenvalue weighted by atomic mass is 10.1. The molecule has 1 heterocycles. The molecule has 0 bridgehead atoms. The highest BCUT2D eigenvalue weighted by molar-refractivity contribution is 6.05. The predicted octanol–water partition coefficient (Wildman–Crippen LogP) is 3.83. The number of carbonyl (C=O) groups excluding carboxylic acids is 1. The van der Waals surface area contributed by atoms with Gasteiger partial charge in [-0.1, -0.05) is 72.3 Å². The normalized spacial score (nSPS) is 11.2. The van der Waals surface area contributed by atoms with Crippen molar-refractivity contribution in [1.29, 1.82) is 0 Å². The zero-order valence-corrected chi connectivity index (χ0v) is 17.4. The van der Waals surface area contributed by atoms with Gasteiger partial charge in [0.1, 0.15) is 0 Å². The number of hydrogen-bond acceptors (Lipinski definition) is 4. The van der Waals surface area contributed by atoms with Crippen LogP contribution in [0.25, 0.3) is 10.8 Å². The molecule has 4 aromatic rings. The molecule has 31 heavy (non-hydrogen) atoms. The fourth-order valence-electron chi connectivity index (χ4n) is 3.38. The summed E-state index contributed by atoms with van der Waals surface area (Å²) in [6.45, 7) is 4.26. The maximum absolute atomic E-state index is 12.9. The number of fused-ring (bicyclic) bond motifs is 1. The van der Waals surface area contributed by atoms with Crippen LogP contribution in [-0.4, -0.2) is 21.9 Å². The number of rotatable bonds is 5. The molecule has 0 unspecified atom stereocenters. The monoisotopic (exact) mass is 410 g/mol.